The molecule has 4 atom stereocenters. The van der Waals surface area contributed by atoms with Gasteiger partial charge >= 0.3 is 0 Å². The lowest BCUT2D eigenvalue weighted by molar-refractivity contribution is -0.122. The molecule has 0 amide bonds. The molecule has 5 N–H and O–H groups in total. The molecule has 15 nitrogen and oxygen atoms in total. The smallest absolute Gasteiger partial charge is 0.290 e. The molecule has 0 bridgehead atoms. The maximum atomic E-state index is 10.9. The van der Waals surface area contributed by atoms with Crippen molar-refractivity contribution in [3.8, 4) is 0 Å². The van der Waals surface area contributed by atoms with E-state index in [0.717, 1.165) is 18.5 Å². The fourth-order valence-electron chi connectivity index (χ4n) is 4.44. The summed E-state index contributed by atoms with van der Waals surface area (Å²) in [6.45, 7) is 6.43. The van der Waals surface area contributed by atoms with E-state index in [2.05, 4.69) is 44.6 Å². The lowest BCUT2D eigenvalue weighted by Gasteiger charge is -2.18. The first-order chi connectivity index (χ1) is 19.9. The Morgan fingerprint density at radius 1 is 1.10 bits per heavy atom. The highest BCUT2D eigenvalue weighted by molar-refractivity contribution is 5.84. The minimum Gasteiger partial charge on any atom is -0.483 e. The Kier molecular flexibility index (Phi) is 10.1. The average Bonchev–Trinajstić information content (AvgIpc) is 3.71. The Morgan fingerprint density at radius 3 is 2.54 bits per heavy atom. The van der Waals surface area contributed by atoms with Crippen molar-refractivity contribution in [2.45, 2.75) is 77.0 Å². The third kappa shape index (κ3) is 6.75. The molecule has 15 heteroatoms. The second kappa shape index (κ2) is 13.9. The summed E-state index contributed by atoms with van der Waals surface area (Å²) < 4.78 is 12.9. The van der Waals surface area contributed by atoms with Gasteiger partial charge in [-0.25, -0.2) is 4.98 Å². The zero-order valence-corrected chi connectivity index (χ0v) is 23.1. The van der Waals surface area contributed by atoms with E-state index < -0.39 is 24.5 Å². The zero-order valence-electron chi connectivity index (χ0n) is 23.1. The number of ether oxygens (including phenoxy) is 1. The third-order valence-corrected chi connectivity index (χ3v) is 6.69. The van der Waals surface area contributed by atoms with Gasteiger partial charge in [0.15, 0.2) is 35.1 Å². The highest BCUT2D eigenvalue weighted by Gasteiger charge is 2.47. The Hall–Kier alpha value is -4.21. The number of imidazole rings is 1. The quantitative estimate of drug-likeness (QED) is 0.164. The highest BCUT2D eigenvalue weighted by Crippen LogP contribution is 2.39. The third-order valence-electron chi connectivity index (χ3n) is 6.69. The van der Waals surface area contributed by atoms with Crippen molar-refractivity contribution in [1.29, 1.82) is 0 Å². The van der Waals surface area contributed by atoms with Crippen LogP contribution in [0.2, 0.25) is 0 Å². The number of aromatic nitrogens is 7. The summed E-state index contributed by atoms with van der Waals surface area (Å²) in [5.41, 5.74) is 1.94. The second-order valence-electron chi connectivity index (χ2n) is 9.31. The van der Waals surface area contributed by atoms with Gasteiger partial charge in [0.1, 0.15) is 12.2 Å². The van der Waals surface area contributed by atoms with Crippen LogP contribution in [0.15, 0.2) is 35.2 Å². The normalized spacial score (nSPS) is 20.1. The molecule has 4 aromatic rings. The number of nitrogens with zero attached hydrogens (tertiary/aromatic N) is 7. The largest absolute Gasteiger partial charge is 0.483 e. The summed E-state index contributed by atoms with van der Waals surface area (Å²) in [5.74, 6) is 1.59. The van der Waals surface area contributed by atoms with Crippen molar-refractivity contribution >= 4 is 29.4 Å². The van der Waals surface area contributed by atoms with Crippen molar-refractivity contribution < 1.29 is 29.4 Å². The number of aliphatic hydroxyl groups is 2. The number of hydrogen-bond donors (Lipinski definition) is 5. The van der Waals surface area contributed by atoms with Gasteiger partial charge in [-0.15, -0.1) is 0 Å². The van der Waals surface area contributed by atoms with Crippen molar-refractivity contribution in [2.24, 2.45) is 0 Å². The highest BCUT2D eigenvalue weighted by atomic mass is 16.6. The molecular formula is C26H35N9O6. The monoisotopic (exact) mass is 569 g/mol. The maximum absolute atomic E-state index is 10.9. The second-order valence-corrected chi connectivity index (χ2v) is 9.31. The van der Waals surface area contributed by atoms with Crippen LogP contribution in [-0.4, -0.2) is 81.2 Å². The van der Waals surface area contributed by atoms with Crippen LogP contribution >= 0.6 is 0 Å². The van der Waals surface area contributed by atoms with Crippen LogP contribution in [0.1, 0.15) is 63.4 Å². The standard InChI is InChI=1S/C25H33N9O4.CH2O2/c1-4-14(5-2)29-21-17-22(32-25(31-21)27-12-10-15-9-7-8-11-26-15)34(13-28-17)24-19(36)18(35)20(37-24)23-30-16(6-3)33-38-23;2-1-3/h7-9,11,13-14,18-20,24,35-36H,4-6,10,12H2,1-3H3,(H2,27,29,31,32);1H,(H,2,3)/t18-,19+,20-,24+;/m0./s1. The van der Waals surface area contributed by atoms with Crippen LogP contribution in [0.3, 0.4) is 0 Å². The number of anilines is 2. The summed E-state index contributed by atoms with van der Waals surface area (Å²) in [4.78, 5) is 30.9. The van der Waals surface area contributed by atoms with Gasteiger partial charge in [0.25, 0.3) is 12.4 Å². The summed E-state index contributed by atoms with van der Waals surface area (Å²) in [5, 5.41) is 39.2. The molecule has 1 fully saturated rings. The number of carbonyl (C=O) groups is 1. The van der Waals surface area contributed by atoms with E-state index in [0.29, 0.717) is 48.1 Å². The molecule has 4 aromatic heterocycles. The van der Waals surface area contributed by atoms with Crippen LogP contribution in [0.5, 0.6) is 0 Å². The van der Waals surface area contributed by atoms with Crippen LogP contribution in [-0.2, 0) is 22.4 Å². The van der Waals surface area contributed by atoms with Gasteiger partial charge in [0.2, 0.25) is 5.95 Å². The lowest BCUT2D eigenvalue weighted by Crippen LogP contribution is -2.29. The molecule has 5 rings (SSSR count). The number of hydrogen-bond acceptors (Lipinski definition) is 13. The van der Waals surface area contributed by atoms with Gasteiger partial charge < -0.3 is 35.2 Å². The predicted molar refractivity (Wildman–Crippen MR) is 147 cm³/mol. The van der Waals surface area contributed by atoms with Gasteiger partial charge in [-0.3, -0.25) is 14.3 Å². The summed E-state index contributed by atoms with van der Waals surface area (Å²) in [6.07, 6.45) is 1.87. The van der Waals surface area contributed by atoms with Gasteiger partial charge in [-0.05, 0) is 25.0 Å². The molecular weight excluding hydrogens is 534 g/mol. The zero-order chi connectivity index (χ0) is 29.4. The van der Waals surface area contributed by atoms with Crippen LogP contribution in [0.4, 0.5) is 11.8 Å². The first kappa shape index (κ1) is 29.8. The van der Waals surface area contributed by atoms with E-state index in [1.807, 2.05) is 25.1 Å². The van der Waals surface area contributed by atoms with Crippen molar-refractivity contribution in [3.05, 3.63) is 48.1 Å². The fourth-order valence-corrected chi connectivity index (χ4v) is 4.44. The van der Waals surface area contributed by atoms with Gasteiger partial charge in [0, 0.05) is 37.3 Å². The molecule has 0 aliphatic carbocycles. The Labute approximate surface area is 236 Å². The molecule has 0 spiro atoms. The van der Waals surface area contributed by atoms with Crippen LogP contribution in [0.25, 0.3) is 11.2 Å². The minimum absolute atomic E-state index is 0.114. The molecule has 0 radical (unpaired) electrons. The molecule has 1 aliphatic heterocycles. The van der Waals surface area contributed by atoms with Crippen LogP contribution < -0.4 is 10.6 Å². The van der Waals surface area contributed by atoms with Crippen molar-refractivity contribution in [3.63, 3.8) is 0 Å². The predicted octanol–water partition coefficient (Wildman–Crippen LogP) is 2.11. The Balaban J connectivity index is 0.00000124. The maximum Gasteiger partial charge on any atom is 0.290 e. The molecule has 0 aromatic carbocycles. The van der Waals surface area contributed by atoms with Gasteiger partial charge in [-0.2, -0.15) is 15.0 Å². The number of aryl methyl sites for hydroxylation is 1. The number of nitrogens with one attached hydrogen (secondary N) is 2. The topological polar surface area (TPSA) is 206 Å². The molecule has 5 heterocycles. The number of rotatable bonds is 11. The lowest BCUT2D eigenvalue weighted by atomic mass is 10.1. The van der Waals surface area contributed by atoms with E-state index in [1.54, 1.807) is 10.8 Å². The van der Waals surface area contributed by atoms with E-state index in [9.17, 15) is 10.2 Å². The van der Waals surface area contributed by atoms with E-state index >= 15 is 0 Å². The van der Waals surface area contributed by atoms with Crippen molar-refractivity contribution in [2.75, 3.05) is 17.2 Å². The molecule has 220 valence electrons. The Bertz CT molecular complexity index is 1390. The number of pyridine rings is 1. The molecule has 0 saturated carbocycles. The SMILES string of the molecule is CCc1noc([C@H]2O[C@@H](n3cnc4c(NC(CC)CC)nc(NCCc5ccccn5)nc43)[C@H](O)[C@@H]2O)n1.O=CO. The number of carboxylic acid groups (broad SMARTS) is 1. The molecule has 0 unspecified atom stereocenters. The van der Waals surface area contributed by atoms with Crippen molar-refractivity contribution in [1.82, 2.24) is 34.6 Å². The fraction of sp³-hybridized carbons (Fsp3) is 0.500. The molecule has 41 heavy (non-hydrogen) atoms. The number of fused-ring (bicyclic) bond motifs is 1. The first-order valence-electron chi connectivity index (χ1n) is 13.5. The summed E-state index contributed by atoms with van der Waals surface area (Å²) in [6, 6.07) is 6.00. The van der Waals surface area contributed by atoms with Crippen LogP contribution in [0, 0.1) is 0 Å². The summed E-state index contributed by atoms with van der Waals surface area (Å²) in [7, 11) is 0. The molecule has 1 aliphatic rings. The van der Waals surface area contributed by atoms with E-state index in [-0.39, 0.29) is 18.4 Å². The average molecular weight is 570 g/mol. The van der Waals surface area contributed by atoms with E-state index in [1.165, 1.54) is 6.33 Å². The number of aliphatic hydroxyl groups excluding tert-OH is 2. The summed E-state index contributed by atoms with van der Waals surface area (Å²) >= 11 is 0. The van der Waals surface area contributed by atoms with Gasteiger partial charge in [0.05, 0.1) is 6.33 Å². The Morgan fingerprint density at radius 2 is 1.88 bits per heavy atom. The molecule has 1 saturated heterocycles. The first-order valence-corrected chi connectivity index (χ1v) is 13.5. The minimum atomic E-state index is -1.28. The van der Waals surface area contributed by atoms with Gasteiger partial charge in [-0.1, -0.05) is 32.0 Å². The van der Waals surface area contributed by atoms with E-state index in [4.69, 9.17) is 29.1 Å².